The molecule has 1 fully saturated rings. The van der Waals surface area contributed by atoms with Crippen molar-refractivity contribution in [3.05, 3.63) is 35.4 Å². The summed E-state index contributed by atoms with van der Waals surface area (Å²) < 4.78 is 5.31. The minimum atomic E-state index is -0.625. The fraction of sp³-hybridized carbons (Fsp3) is 0.533. The first kappa shape index (κ1) is 11.6. The molecule has 0 radical (unpaired) electrons. The van der Waals surface area contributed by atoms with E-state index >= 15 is 0 Å². The molecule has 0 bridgehead atoms. The fourth-order valence-corrected chi connectivity index (χ4v) is 3.74. The van der Waals surface area contributed by atoms with Gasteiger partial charge in [0.05, 0.1) is 0 Å². The van der Waals surface area contributed by atoms with E-state index in [-0.39, 0.29) is 6.10 Å². The maximum atomic E-state index is 11.0. The van der Waals surface area contributed by atoms with Crippen LogP contribution in [0.3, 0.4) is 0 Å². The van der Waals surface area contributed by atoms with Crippen LogP contribution < -0.4 is 5.73 Å². The van der Waals surface area contributed by atoms with Gasteiger partial charge in [0.2, 0.25) is 0 Å². The smallest absolute Gasteiger partial charge is 0.404 e. The van der Waals surface area contributed by atoms with Gasteiger partial charge in [-0.25, -0.2) is 4.79 Å². The normalized spacial score (nSPS) is 30.1. The van der Waals surface area contributed by atoms with Crippen molar-refractivity contribution in [2.75, 3.05) is 0 Å². The molecular formula is C15H19NO2. The lowest BCUT2D eigenvalue weighted by molar-refractivity contribution is 0.0264. The van der Waals surface area contributed by atoms with Gasteiger partial charge in [-0.1, -0.05) is 24.3 Å². The highest BCUT2D eigenvalue weighted by Gasteiger charge is 2.39. The number of aryl methyl sites for hydroxylation is 1. The van der Waals surface area contributed by atoms with Crippen LogP contribution in [-0.4, -0.2) is 12.2 Å². The van der Waals surface area contributed by atoms with Crippen molar-refractivity contribution in [2.45, 2.75) is 44.1 Å². The highest BCUT2D eigenvalue weighted by molar-refractivity contribution is 5.64. The number of primary amides is 1. The van der Waals surface area contributed by atoms with Crippen LogP contribution in [0, 0.1) is 5.92 Å². The Morgan fingerprint density at radius 2 is 2.06 bits per heavy atom. The minimum absolute atomic E-state index is 0.0228. The van der Waals surface area contributed by atoms with E-state index in [0.717, 1.165) is 25.7 Å². The van der Waals surface area contributed by atoms with Gasteiger partial charge in [-0.3, -0.25) is 0 Å². The lowest BCUT2D eigenvalue weighted by atomic mass is 9.67. The van der Waals surface area contributed by atoms with Gasteiger partial charge in [-0.15, -0.1) is 0 Å². The Labute approximate surface area is 107 Å². The highest BCUT2D eigenvalue weighted by atomic mass is 16.6. The van der Waals surface area contributed by atoms with E-state index in [0.29, 0.717) is 11.8 Å². The molecule has 3 nitrogen and oxygen atoms in total. The number of fused-ring (bicyclic) bond motifs is 3. The summed E-state index contributed by atoms with van der Waals surface area (Å²) in [6.07, 6.45) is 4.89. The van der Waals surface area contributed by atoms with E-state index in [4.69, 9.17) is 10.5 Å². The monoisotopic (exact) mass is 245 g/mol. The number of carbonyl (C=O) groups excluding carboxylic acids is 1. The van der Waals surface area contributed by atoms with Crippen LogP contribution in [0.2, 0.25) is 0 Å². The van der Waals surface area contributed by atoms with Crippen molar-refractivity contribution in [1.29, 1.82) is 0 Å². The number of ether oxygens (including phenoxy) is 1. The largest absolute Gasteiger partial charge is 0.446 e. The molecule has 3 rings (SSSR count). The number of hydrogen-bond donors (Lipinski definition) is 1. The van der Waals surface area contributed by atoms with Crippen LogP contribution in [0.1, 0.15) is 42.7 Å². The SMILES string of the molecule is NC(=O)OC1CCCC2c3ccccc3CCC12. The summed E-state index contributed by atoms with van der Waals surface area (Å²) in [5.74, 6) is 1.01. The Balaban J connectivity index is 1.87. The summed E-state index contributed by atoms with van der Waals surface area (Å²) in [5, 5.41) is 0. The van der Waals surface area contributed by atoms with Crippen LogP contribution in [0.5, 0.6) is 0 Å². The highest BCUT2D eigenvalue weighted by Crippen LogP contribution is 2.45. The zero-order valence-corrected chi connectivity index (χ0v) is 10.5. The second-order valence-corrected chi connectivity index (χ2v) is 5.41. The van der Waals surface area contributed by atoms with Crippen molar-refractivity contribution >= 4 is 6.09 Å². The zero-order valence-electron chi connectivity index (χ0n) is 10.5. The molecule has 0 aliphatic heterocycles. The molecule has 0 saturated heterocycles. The fourth-order valence-electron chi connectivity index (χ4n) is 3.74. The molecule has 0 heterocycles. The van der Waals surface area contributed by atoms with E-state index in [1.54, 1.807) is 0 Å². The van der Waals surface area contributed by atoms with Crippen LogP contribution >= 0.6 is 0 Å². The van der Waals surface area contributed by atoms with Crippen LogP contribution in [0.4, 0.5) is 4.79 Å². The molecule has 0 spiro atoms. The molecule has 3 heteroatoms. The molecule has 2 aliphatic carbocycles. The summed E-state index contributed by atoms with van der Waals surface area (Å²) in [7, 11) is 0. The summed E-state index contributed by atoms with van der Waals surface area (Å²) in [6.45, 7) is 0. The molecule has 2 N–H and O–H groups in total. The molecule has 2 aliphatic rings. The van der Waals surface area contributed by atoms with Crippen LogP contribution in [-0.2, 0) is 11.2 Å². The second-order valence-electron chi connectivity index (χ2n) is 5.41. The van der Waals surface area contributed by atoms with E-state index < -0.39 is 6.09 Å². The van der Waals surface area contributed by atoms with Gasteiger partial charge in [0.1, 0.15) is 6.10 Å². The Hall–Kier alpha value is -1.51. The summed E-state index contributed by atoms with van der Waals surface area (Å²) in [5.41, 5.74) is 8.11. The minimum Gasteiger partial charge on any atom is -0.446 e. The molecule has 0 aromatic heterocycles. The Bertz CT molecular complexity index is 458. The molecule has 1 saturated carbocycles. The Morgan fingerprint density at radius 1 is 1.22 bits per heavy atom. The van der Waals surface area contributed by atoms with E-state index in [1.165, 1.54) is 17.5 Å². The number of rotatable bonds is 1. The lowest BCUT2D eigenvalue weighted by Crippen LogP contribution is -2.38. The van der Waals surface area contributed by atoms with E-state index in [2.05, 4.69) is 24.3 Å². The standard InChI is InChI=1S/C15H19NO2/c16-15(17)18-14-7-3-6-12-11-5-2-1-4-10(11)8-9-13(12)14/h1-2,4-5,12-14H,3,6-9H2,(H2,16,17). The molecule has 3 atom stereocenters. The van der Waals surface area contributed by atoms with Crippen molar-refractivity contribution in [3.8, 4) is 0 Å². The molecule has 18 heavy (non-hydrogen) atoms. The first-order valence-electron chi connectivity index (χ1n) is 6.79. The van der Waals surface area contributed by atoms with Gasteiger partial charge in [0, 0.05) is 5.92 Å². The van der Waals surface area contributed by atoms with Gasteiger partial charge in [0.15, 0.2) is 0 Å². The van der Waals surface area contributed by atoms with Gasteiger partial charge >= 0.3 is 6.09 Å². The van der Waals surface area contributed by atoms with Gasteiger partial charge in [-0.05, 0) is 49.1 Å². The number of carbonyl (C=O) groups is 1. The predicted molar refractivity (Wildman–Crippen MR) is 69.3 cm³/mol. The maximum absolute atomic E-state index is 11.0. The molecule has 1 aromatic carbocycles. The topological polar surface area (TPSA) is 52.3 Å². The first-order valence-corrected chi connectivity index (χ1v) is 6.79. The summed E-state index contributed by atoms with van der Waals surface area (Å²) in [6, 6.07) is 8.68. The summed E-state index contributed by atoms with van der Waals surface area (Å²) in [4.78, 5) is 11.0. The third kappa shape index (κ3) is 1.98. The molecule has 1 amide bonds. The Kier molecular flexibility index (Phi) is 2.98. The summed E-state index contributed by atoms with van der Waals surface area (Å²) >= 11 is 0. The third-order valence-electron chi connectivity index (χ3n) is 4.47. The maximum Gasteiger partial charge on any atom is 0.404 e. The van der Waals surface area contributed by atoms with Crippen LogP contribution in [0.15, 0.2) is 24.3 Å². The first-order chi connectivity index (χ1) is 8.75. The van der Waals surface area contributed by atoms with Crippen molar-refractivity contribution in [2.24, 2.45) is 11.7 Å². The van der Waals surface area contributed by atoms with Crippen molar-refractivity contribution in [1.82, 2.24) is 0 Å². The Morgan fingerprint density at radius 3 is 2.89 bits per heavy atom. The van der Waals surface area contributed by atoms with Crippen molar-refractivity contribution < 1.29 is 9.53 Å². The average molecular weight is 245 g/mol. The number of benzene rings is 1. The molecule has 1 aromatic rings. The van der Waals surface area contributed by atoms with E-state index in [1.807, 2.05) is 0 Å². The van der Waals surface area contributed by atoms with Gasteiger partial charge in [-0.2, -0.15) is 0 Å². The second kappa shape index (κ2) is 4.63. The lowest BCUT2D eigenvalue weighted by Gasteiger charge is -2.41. The van der Waals surface area contributed by atoms with E-state index in [9.17, 15) is 4.79 Å². The van der Waals surface area contributed by atoms with Crippen LogP contribution in [0.25, 0.3) is 0 Å². The predicted octanol–water partition coefficient (Wildman–Crippen LogP) is 2.98. The molecule has 96 valence electrons. The molecule has 3 unspecified atom stereocenters. The van der Waals surface area contributed by atoms with Gasteiger partial charge in [0.25, 0.3) is 0 Å². The number of nitrogens with two attached hydrogens (primary N) is 1. The van der Waals surface area contributed by atoms with Crippen molar-refractivity contribution in [3.63, 3.8) is 0 Å². The average Bonchev–Trinajstić information content (AvgIpc) is 2.38. The quantitative estimate of drug-likeness (QED) is 0.827. The number of amides is 1. The molecular weight excluding hydrogens is 226 g/mol. The zero-order chi connectivity index (χ0) is 12.5. The number of hydrogen-bond acceptors (Lipinski definition) is 2. The third-order valence-corrected chi connectivity index (χ3v) is 4.47. The van der Waals surface area contributed by atoms with Gasteiger partial charge < -0.3 is 10.5 Å².